The molecule has 0 bridgehead atoms. The quantitative estimate of drug-likeness (QED) is 0.737. The molecule has 25 heavy (non-hydrogen) atoms. The zero-order chi connectivity index (χ0) is 18.6. The second kappa shape index (κ2) is 7.24. The molecule has 1 heterocycles. The normalized spacial score (nSPS) is 12.5. The first-order valence-corrected chi connectivity index (χ1v) is 7.04. The molecule has 10 heteroatoms. The highest BCUT2D eigenvalue weighted by molar-refractivity contribution is 5.92. The molecule has 1 amide bonds. The Bertz CT molecular complexity index is 756. The second-order valence-corrected chi connectivity index (χ2v) is 5.18. The van der Waals surface area contributed by atoms with Gasteiger partial charge in [0.05, 0.1) is 12.5 Å². The van der Waals surface area contributed by atoms with Crippen molar-refractivity contribution in [2.24, 2.45) is 0 Å². The Morgan fingerprint density at radius 1 is 1.32 bits per heavy atom. The van der Waals surface area contributed by atoms with Crippen LogP contribution in [0.4, 0.5) is 13.2 Å². The van der Waals surface area contributed by atoms with Crippen LogP contribution >= 0.6 is 0 Å². The lowest BCUT2D eigenvalue weighted by Crippen LogP contribution is -2.30. The first-order valence-electron chi connectivity index (χ1n) is 7.04. The minimum absolute atomic E-state index is 0.0740. The molecule has 7 nitrogen and oxygen atoms in total. The standard InChI is InChI=1S/C15H14F3N3O4/c1-8-6-12(21-20-8)14(24)19-11(7-13(22)23)9-2-4-10(5-3-9)25-15(16,17)18/h2-6,11H,7H2,1H3,(H,19,24)(H,20,21)(H,22,23). The summed E-state index contributed by atoms with van der Waals surface area (Å²) in [4.78, 5) is 23.1. The molecule has 0 saturated heterocycles. The monoisotopic (exact) mass is 357 g/mol. The minimum Gasteiger partial charge on any atom is -0.481 e. The van der Waals surface area contributed by atoms with Crippen LogP contribution in [-0.4, -0.2) is 33.5 Å². The average Bonchev–Trinajstić information content (AvgIpc) is 2.92. The summed E-state index contributed by atoms with van der Waals surface area (Å²) in [6.07, 6.45) is -5.28. The van der Waals surface area contributed by atoms with E-state index in [9.17, 15) is 22.8 Å². The third-order valence-corrected chi connectivity index (χ3v) is 3.14. The van der Waals surface area contributed by atoms with Crippen LogP contribution in [0.5, 0.6) is 5.75 Å². The lowest BCUT2D eigenvalue weighted by atomic mass is 10.0. The summed E-state index contributed by atoms with van der Waals surface area (Å²) in [5, 5.41) is 17.8. The van der Waals surface area contributed by atoms with Gasteiger partial charge in [-0.1, -0.05) is 12.1 Å². The van der Waals surface area contributed by atoms with E-state index in [4.69, 9.17) is 5.11 Å². The van der Waals surface area contributed by atoms with Crippen LogP contribution in [0.15, 0.2) is 30.3 Å². The molecule has 0 aliphatic rings. The number of aryl methyl sites for hydroxylation is 1. The number of hydrogen-bond acceptors (Lipinski definition) is 4. The van der Waals surface area contributed by atoms with Crippen LogP contribution in [0.1, 0.15) is 34.2 Å². The number of carboxylic acids is 1. The summed E-state index contributed by atoms with van der Waals surface area (Å²) in [6, 6.07) is 5.13. The lowest BCUT2D eigenvalue weighted by molar-refractivity contribution is -0.274. The highest BCUT2D eigenvalue weighted by Crippen LogP contribution is 2.25. The van der Waals surface area contributed by atoms with Gasteiger partial charge in [-0.2, -0.15) is 5.10 Å². The van der Waals surface area contributed by atoms with Gasteiger partial charge in [0.15, 0.2) is 0 Å². The Morgan fingerprint density at radius 2 is 1.96 bits per heavy atom. The molecule has 0 spiro atoms. The van der Waals surface area contributed by atoms with E-state index < -0.39 is 36.5 Å². The van der Waals surface area contributed by atoms with E-state index in [2.05, 4.69) is 20.3 Å². The molecule has 2 rings (SSSR count). The minimum atomic E-state index is -4.83. The van der Waals surface area contributed by atoms with Gasteiger partial charge in [-0.05, 0) is 30.7 Å². The first kappa shape index (κ1) is 18.3. The number of aromatic amines is 1. The van der Waals surface area contributed by atoms with Gasteiger partial charge in [0.25, 0.3) is 5.91 Å². The maximum absolute atomic E-state index is 12.2. The number of nitrogens with one attached hydrogen (secondary N) is 2. The van der Waals surface area contributed by atoms with Gasteiger partial charge < -0.3 is 15.2 Å². The van der Waals surface area contributed by atoms with Crippen molar-refractivity contribution in [1.29, 1.82) is 0 Å². The number of alkyl halides is 3. The second-order valence-electron chi connectivity index (χ2n) is 5.18. The number of aromatic nitrogens is 2. The summed E-state index contributed by atoms with van der Waals surface area (Å²) in [6.45, 7) is 1.69. The summed E-state index contributed by atoms with van der Waals surface area (Å²) in [7, 11) is 0. The van der Waals surface area contributed by atoms with Crippen molar-refractivity contribution in [2.45, 2.75) is 25.7 Å². The van der Waals surface area contributed by atoms with Crippen molar-refractivity contribution >= 4 is 11.9 Å². The topological polar surface area (TPSA) is 104 Å². The average molecular weight is 357 g/mol. The highest BCUT2D eigenvalue weighted by atomic mass is 19.4. The number of carbonyl (C=O) groups is 2. The summed E-state index contributed by atoms with van der Waals surface area (Å²) >= 11 is 0. The molecule has 3 N–H and O–H groups in total. The van der Waals surface area contributed by atoms with Crippen molar-refractivity contribution in [3.63, 3.8) is 0 Å². The van der Waals surface area contributed by atoms with Crippen LogP contribution in [0.2, 0.25) is 0 Å². The fraction of sp³-hybridized carbons (Fsp3) is 0.267. The number of halogens is 3. The molecule has 0 fully saturated rings. The Kier molecular flexibility index (Phi) is 5.30. The molecular formula is C15H14F3N3O4. The van der Waals surface area contributed by atoms with Crippen LogP contribution in [0.25, 0.3) is 0 Å². The number of H-pyrrole nitrogens is 1. The van der Waals surface area contributed by atoms with Crippen molar-refractivity contribution in [3.8, 4) is 5.75 Å². The third-order valence-electron chi connectivity index (χ3n) is 3.14. The van der Waals surface area contributed by atoms with E-state index in [1.165, 1.54) is 18.2 Å². The molecule has 1 atom stereocenters. The van der Waals surface area contributed by atoms with E-state index in [0.717, 1.165) is 12.1 Å². The van der Waals surface area contributed by atoms with E-state index in [0.29, 0.717) is 11.3 Å². The molecule has 1 aromatic heterocycles. The molecule has 0 saturated carbocycles. The van der Waals surface area contributed by atoms with Gasteiger partial charge in [-0.3, -0.25) is 14.7 Å². The molecule has 134 valence electrons. The molecular weight excluding hydrogens is 343 g/mol. The number of carbonyl (C=O) groups excluding carboxylic acids is 1. The molecule has 2 aromatic rings. The number of benzene rings is 1. The smallest absolute Gasteiger partial charge is 0.481 e. The van der Waals surface area contributed by atoms with Crippen molar-refractivity contribution in [2.75, 3.05) is 0 Å². The Hall–Kier alpha value is -3.04. The van der Waals surface area contributed by atoms with Crippen LogP contribution in [0, 0.1) is 6.92 Å². The fourth-order valence-corrected chi connectivity index (χ4v) is 2.10. The third kappa shape index (κ3) is 5.52. The number of nitrogens with zero attached hydrogens (tertiary/aromatic N) is 1. The van der Waals surface area contributed by atoms with Crippen molar-refractivity contribution < 1.29 is 32.6 Å². The predicted octanol–water partition coefficient (Wildman–Crippen LogP) is 2.56. The summed E-state index contributed by atoms with van der Waals surface area (Å²) in [5.74, 6) is -2.23. The Labute approximate surface area is 139 Å². The van der Waals surface area contributed by atoms with Gasteiger partial charge >= 0.3 is 12.3 Å². The zero-order valence-electron chi connectivity index (χ0n) is 12.9. The largest absolute Gasteiger partial charge is 0.573 e. The van der Waals surface area contributed by atoms with Gasteiger partial charge in [0.1, 0.15) is 11.4 Å². The Morgan fingerprint density at radius 3 is 2.44 bits per heavy atom. The van der Waals surface area contributed by atoms with Crippen molar-refractivity contribution in [3.05, 3.63) is 47.3 Å². The highest BCUT2D eigenvalue weighted by Gasteiger charge is 2.31. The first-order chi connectivity index (χ1) is 11.6. The van der Waals surface area contributed by atoms with Crippen LogP contribution < -0.4 is 10.1 Å². The van der Waals surface area contributed by atoms with Gasteiger partial charge in [0.2, 0.25) is 0 Å². The number of carboxylic acid groups (broad SMARTS) is 1. The number of rotatable bonds is 6. The molecule has 0 aliphatic heterocycles. The maximum Gasteiger partial charge on any atom is 0.573 e. The SMILES string of the molecule is Cc1cc(C(=O)NC(CC(=O)O)c2ccc(OC(F)(F)F)cc2)n[nH]1. The van der Waals surface area contributed by atoms with Gasteiger partial charge in [0, 0.05) is 5.69 Å². The van der Waals surface area contributed by atoms with E-state index >= 15 is 0 Å². The fourth-order valence-electron chi connectivity index (χ4n) is 2.10. The number of amides is 1. The molecule has 0 aliphatic carbocycles. The molecule has 0 radical (unpaired) electrons. The van der Waals surface area contributed by atoms with E-state index in [1.54, 1.807) is 6.92 Å². The van der Waals surface area contributed by atoms with Gasteiger partial charge in [-0.25, -0.2) is 0 Å². The number of ether oxygens (including phenoxy) is 1. The number of hydrogen-bond donors (Lipinski definition) is 3. The predicted molar refractivity (Wildman–Crippen MR) is 78.9 cm³/mol. The van der Waals surface area contributed by atoms with E-state index in [1.807, 2.05) is 0 Å². The van der Waals surface area contributed by atoms with Crippen LogP contribution in [0.3, 0.4) is 0 Å². The van der Waals surface area contributed by atoms with E-state index in [-0.39, 0.29) is 5.69 Å². The molecule has 1 aromatic carbocycles. The van der Waals surface area contributed by atoms with Crippen LogP contribution in [-0.2, 0) is 4.79 Å². The maximum atomic E-state index is 12.2. The Balaban J connectivity index is 2.16. The zero-order valence-corrected chi connectivity index (χ0v) is 12.9. The number of aliphatic carboxylic acids is 1. The molecule has 1 unspecified atom stereocenters. The summed E-state index contributed by atoms with van der Waals surface area (Å²) in [5.41, 5.74) is 1.04. The summed E-state index contributed by atoms with van der Waals surface area (Å²) < 4.78 is 40.3. The van der Waals surface area contributed by atoms with Crippen molar-refractivity contribution in [1.82, 2.24) is 15.5 Å². The van der Waals surface area contributed by atoms with Gasteiger partial charge in [-0.15, -0.1) is 13.2 Å². The lowest BCUT2D eigenvalue weighted by Gasteiger charge is -2.17.